The van der Waals surface area contributed by atoms with Crippen molar-refractivity contribution in [1.29, 1.82) is 0 Å². The highest BCUT2D eigenvalue weighted by molar-refractivity contribution is 6.08. The van der Waals surface area contributed by atoms with E-state index in [2.05, 4.69) is 10.3 Å². The van der Waals surface area contributed by atoms with Gasteiger partial charge in [0.2, 0.25) is 5.36 Å². The Labute approximate surface area is 189 Å². The minimum absolute atomic E-state index is 0.00249. The standard InChI is InChI=1S/C26H26N2O3/c1-5-27-21-13-23-19(11-15(21)3)25(17-9-7-8-10-18(17)26(29)30)20-12-16(4)22(28-6-2)14-24(20)31-23/h7-14,27H,5-6H2,1-4H3,(H,29,30)/p+1/i7D,8D,9D,10D,13D,14D. The van der Waals surface area contributed by atoms with Gasteiger partial charge >= 0.3 is 5.97 Å². The van der Waals surface area contributed by atoms with E-state index in [9.17, 15) is 9.90 Å². The minimum atomic E-state index is -1.51. The zero-order chi connectivity index (χ0) is 27.3. The van der Waals surface area contributed by atoms with Crippen LogP contribution in [-0.4, -0.2) is 24.2 Å². The molecule has 1 aliphatic heterocycles. The fraction of sp³-hybridized carbons (Fsp3) is 0.231. The van der Waals surface area contributed by atoms with Crippen LogP contribution in [0.15, 0.2) is 52.8 Å². The first-order chi connectivity index (χ1) is 17.5. The normalized spacial score (nSPS) is 14.6. The monoisotopic (exact) mass is 421 g/mol. The zero-order valence-corrected chi connectivity index (χ0v) is 17.8. The third-order valence-electron chi connectivity index (χ3n) is 5.08. The Kier molecular flexibility index (Phi) is 3.84. The lowest BCUT2D eigenvalue weighted by molar-refractivity contribution is -0.496. The highest BCUT2D eigenvalue weighted by Gasteiger charge is 2.23. The molecule has 0 bridgehead atoms. The van der Waals surface area contributed by atoms with E-state index in [-0.39, 0.29) is 34.6 Å². The van der Waals surface area contributed by atoms with Crippen molar-refractivity contribution in [3.8, 4) is 22.5 Å². The number of aryl methyl sites for hydroxylation is 2. The van der Waals surface area contributed by atoms with E-state index in [0.717, 1.165) is 0 Å². The predicted molar refractivity (Wildman–Crippen MR) is 124 cm³/mol. The van der Waals surface area contributed by atoms with Gasteiger partial charge < -0.3 is 14.8 Å². The predicted octanol–water partition coefficient (Wildman–Crippen LogP) is 3.95. The molecule has 0 saturated carbocycles. The largest absolute Gasteiger partial charge is 0.478 e. The highest BCUT2D eigenvalue weighted by atomic mass is 16.4. The van der Waals surface area contributed by atoms with E-state index < -0.39 is 35.7 Å². The van der Waals surface area contributed by atoms with Gasteiger partial charge in [0.15, 0.2) is 0 Å². The molecule has 0 atom stereocenters. The molecular formula is C26H27N2O3+. The van der Waals surface area contributed by atoms with Gasteiger partial charge in [0.05, 0.1) is 19.8 Å². The number of rotatable bonds is 5. The molecule has 0 saturated heterocycles. The lowest BCUT2D eigenvalue weighted by atomic mass is 9.89. The average molecular weight is 422 g/mol. The first-order valence-corrected chi connectivity index (χ1v) is 10.1. The average Bonchev–Trinajstić information content (AvgIpc) is 2.84. The van der Waals surface area contributed by atoms with Crippen molar-refractivity contribution in [3.05, 3.63) is 70.4 Å². The van der Waals surface area contributed by atoms with Crippen LogP contribution in [0, 0.1) is 13.8 Å². The van der Waals surface area contributed by atoms with E-state index in [0.29, 0.717) is 46.2 Å². The Hall–Kier alpha value is -3.60. The number of anilines is 1. The van der Waals surface area contributed by atoms with Gasteiger partial charge in [-0.1, -0.05) is 18.1 Å². The Morgan fingerprint density at radius 2 is 1.90 bits per heavy atom. The van der Waals surface area contributed by atoms with Gasteiger partial charge in [0.1, 0.15) is 17.9 Å². The summed E-state index contributed by atoms with van der Waals surface area (Å²) < 4.78 is 57.3. The summed E-state index contributed by atoms with van der Waals surface area (Å²) in [6.45, 7) is 8.44. The Balaban J connectivity index is 2.40. The molecule has 1 aliphatic carbocycles. The summed E-state index contributed by atoms with van der Waals surface area (Å²) in [5.74, 6) is -1.43. The molecule has 0 fully saturated rings. The van der Waals surface area contributed by atoms with E-state index in [1.165, 1.54) is 0 Å². The van der Waals surface area contributed by atoms with Crippen molar-refractivity contribution in [3.63, 3.8) is 0 Å². The van der Waals surface area contributed by atoms with Crippen LogP contribution in [0.4, 0.5) is 5.69 Å². The summed E-state index contributed by atoms with van der Waals surface area (Å²) in [4.78, 5) is 15.5. The van der Waals surface area contributed by atoms with Crippen LogP contribution in [0.1, 0.15) is 43.6 Å². The summed E-state index contributed by atoms with van der Waals surface area (Å²) in [7, 11) is 0. The Morgan fingerprint density at radius 1 is 1.13 bits per heavy atom. The van der Waals surface area contributed by atoms with Gasteiger partial charge in [0.25, 0.3) is 0 Å². The van der Waals surface area contributed by atoms with Crippen molar-refractivity contribution in [2.24, 2.45) is 0 Å². The summed E-state index contributed by atoms with van der Waals surface area (Å²) in [6, 6.07) is 1.01. The van der Waals surface area contributed by atoms with Crippen molar-refractivity contribution < 1.29 is 27.5 Å². The van der Waals surface area contributed by atoms with E-state index >= 15 is 0 Å². The van der Waals surface area contributed by atoms with Crippen LogP contribution in [0.3, 0.4) is 0 Å². The molecule has 158 valence electrons. The number of nitrogens with one attached hydrogen (secondary N) is 2. The number of carboxylic acids is 1. The van der Waals surface area contributed by atoms with Gasteiger partial charge in [-0.2, -0.15) is 0 Å². The number of hydrogen-bond acceptors (Lipinski definition) is 3. The summed E-state index contributed by atoms with van der Waals surface area (Å²) >= 11 is 0. The second kappa shape index (κ2) is 8.26. The van der Waals surface area contributed by atoms with Gasteiger partial charge in [-0.15, -0.1) is 0 Å². The van der Waals surface area contributed by atoms with E-state index in [1.54, 1.807) is 26.0 Å². The summed E-state index contributed by atoms with van der Waals surface area (Å²) in [6.07, 6.45) is 0. The van der Waals surface area contributed by atoms with Crippen LogP contribution in [-0.2, 0) is 0 Å². The fourth-order valence-corrected chi connectivity index (χ4v) is 3.70. The maximum absolute atomic E-state index is 12.4. The molecule has 2 aliphatic rings. The highest BCUT2D eigenvalue weighted by Crippen LogP contribution is 2.42. The zero-order valence-electron chi connectivity index (χ0n) is 23.8. The van der Waals surface area contributed by atoms with Crippen LogP contribution >= 0.6 is 0 Å². The number of carbonyl (C=O) groups is 1. The van der Waals surface area contributed by atoms with E-state index in [1.807, 2.05) is 13.8 Å². The van der Waals surface area contributed by atoms with Crippen molar-refractivity contribution in [2.45, 2.75) is 27.7 Å². The van der Waals surface area contributed by atoms with E-state index in [4.69, 9.17) is 12.6 Å². The number of benzene rings is 3. The maximum atomic E-state index is 12.4. The second-order valence-electron chi connectivity index (χ2n) is 7.23. The lowest BCUT2D eigenvalue weighted by Crippen LogP contribution is -2.76. The maximum Gasteiger partial charge on any atom is 0.336 e. The van der Waals surface area contributed by atoms with Gasteiger partial charge in [0, 0.05) is 40.4 Å². The van der Waals surface area contributed by atoms with Crippen LogP contribution in [0.25, 0.3) is 33.4 Å². The summed E-state index contributed by atoms with van der Waals surface area (Å²) in [5, 5.41) is 14.1. The third kappa shape index (κ3) is 3.67. The molecule has 5 heteroatoms. The lowest BCUT2D eigenvalue weighted by Gasteiger charge is -2.18. The van der Waals surface area contributed by atoms with Crippen LogP contribution in [0.5, 0.6) is 0 Å². The summed E-state index contributed by atoms with van der Waals surface area (Å²) in [5.41, 5.74) is 1.66. The molecule has 0 radical (unpaired) electrons. The molecule has 1 heterocycles. The smallest absolute Gasteiger partial charge is 0.336 e. The van der Waals surface area contributed by atoms with Gasteiger partial charge in [-0.05, 0) is 57.0 Å². The minimum Gasteiger partial charge on any atom is -0.478 e. The van der Waals surface area contributed by atoms with Crippen molar-refractivity contribution in [2.75, 3.05) is 18.4 Å². The molecule has 0 aromatic heterocycles. The molecule has 4 rings (SSSR count). The molecule has 3 N–H and O–H groups in total. The first-order valence-electron chi connectivity index (χ1n) is 13.1. The van der Waals surface area contributed by atoms with Crippen LogP contribution < -0.4 is 15.7 Å². The van der Waals surface area contributed by atoms with Crippen molar-refractivity contribution in [1.82, 2.24) is 0 Å². The molecule has 5 nitrogen and oxygen atoms in total. The van der Waals surface area contributed by atoms with Gasteiger partial charge in [-0.25, -0.2) is 9.79 Å². The quantitative estimate of drug-likeness (QED) is 0.427. The van der Waals surface area contributed by atoms with Crippen LogP contribution in [0.2, 0.25) is 0 Å². The number of carboxylic acid groups (broad SMARTS) is 1. The molecule has 0 unspecified atom stereocenters. The molecular weight excluding hydrogens is 388 g/mol. The van der Waals surface area contributed by atoms with Crippen molar-refractivity contribution >= 4 is 22.6 Å². The SMILES string of the molecule is [2H]c1c([2H])c([2H])c(-c2c3cc(C)c(=[NH+]CC)c([2H])c-3oc3c([2H])c(NCC)c(C)cc23)c(C(=O)O)c1[2H]. The number of aromatic carboxylic acids is 1. The third-order valence-corrected chi connectivity index (χ3v) is 5.08. The second-order valence-corrected chi connectivity index (χ2v) is 7.23. The molecule has 31 heavy (non-hydrogen) atoms. The molecule has 0 spiro atoms. The number of hydrogen-bond donors (Lipinski definition) is 3. The Bertz CT molecular complexity index is 1650. The molecule has 2 aromatic carbocycles. The molecule has 2 aromatic rings. The topological polar surface area (TPSA) is 76.4 Å². The Morgan fingerprint density at radius 3 is 2.61 bits per heavy atom. The number of fused-ring (bicyclic) bond motifs is 2. The first kappa shape index (κ1) is 14.4. The fourth-order valence-electron chi connectivity index (χ4n) is 3.70. The van der Waals surface area contributed by atoms with Gasteiger partial charge in [-0.3, -0.25) is 0 Å². The molecule has 0 amide bonds.